The Hall–Kier alpha value is -3.66. The number of hydrogen-bond donors (Lipinski definition) is 9. The van der Waals surface area contributed by atoms with Crippen molar-refractivity contribution >= 4 is 48.2 Å². The molecular formula is C18H27N7O8S. The van der Waals surface area contributed by atoms with E-state index >= 15 is 0 Å². The first-order valence-electron chi connectivity index (χ1n) is 9.92. The molecule has 0 fully saturated rings. The standard InChI is InChI=1S/C18H27N7O8S/c19-9(6-34)15(29)24-12(4-13(20)26)17(31)25-11(3-8-5-21-7-22-8)16(30)23-10(18(32)33)1-2-14(27)28/h5,7,9-12,34H,1-4,6,19H2,(H2,20,26)(H,21,22)(H,23,30)(H,24,29)(H,25,31)(H,27,28)(H,32,33). The molecule has 4 atom stereocenters. The number of nitrogens with two attached hydrogens (primary N) is 2. The second kappa shape index (κ2) is 13.8. The highest BCUT2D eigenvalue weighted by Gasteiger charge is 2.31. The molecule has 0 aliphatic rings. The molecule has 0 spiro atoms. The summed E-state index contributed by atoms with van der Waals surface area (Å²) in [6.07, 6.45) is 0.978. The van der Waals surface area contributed by atoms with Gasteiger partial charge in [0.05, 0.1) is 18.8 Å². The van der Waals surface area contributed by atoms with Crippen molar-refractivity contribution in [2.45, 2.75) is 49.9 Å². The van der Waals surface area contributed by atoms with Gasteiger partial charge in [0, 0.05) is 30.5 Å². The molecular weight excluding hydrogens is 474 g/mol. The van der Waals surface area contributed by atoms with Crippen molar-refractivity contribution in [2.24, 2.45) is 11.5 Å². The van der Waals surface area contributed by atoms with Gasteiger partial charge in [0.25, 0.3) is 0 Å². The number of rotatable bonds is 15. The normalized spacial score (nSPS) is 14.2. The molecule has 16 heteroatoms. The van der Waals surface area contributed by atoms with E-state index in [9.17, 15) is 33.9 Å². The second-order valence-corrected chi connectivity index (χ2v) is 7.56. The molecule has 0 bridgehead atoms. The number of hydrogen-bond acceptors (Lipinski definition) is 9. The van der Waals surface area contributed by atoms with Gasteiger partial charge in [-0.15, -0.1) is 0 Å². The highest BCUT2D eigenvalue weighted by molar-refractivity contribution is 7.80. The van der Waals surface area contributed by atoms with Crippen molar-refractivity contribution in [3.63, 3.8) is 0 Å². The van der Waals surface area contributed by atoms with Crippen molar-refractivity contribution in [3.8, 4) is 0 Å². The van der Waals surface area contributed by atoms with E-state index in [0.29, 0.717) is 5.69 Å². The van der Waals surface area contributed by atoms with E-state index in [1.807, 2.05) is 0 Å². The van der Waals surface area contributed by atoms with Gasteiger partial charge in [0.2, 0.25) is 23.6 Å². The Morgan fingerprint density at radius 2 is 1.59 bits per heavy atom. The summed E-state index contributed by atoms with van der Waals surface area (Å²) in [7, 11) is 0. The zero-order chi connectivity index (χ0) is 25.8. The third-order valence-corrected chi connectivity index (χ3v) is 4.84. The average Bonchev–Trinajstić information content (AvgIpc) is 3.27. The molecule has 4 unspecified atom stereocenters. The van der Waals surface area contributed by atoms with Crippen molar-refractivity contribution in [2.75, 3.05) is 5.75 Å². The third kappa shape index (κ3) is 9.86. The fraction of sp³-hybridized carbons (Fsp3) is 0.500. The van der Waals surface area contributed by atoms with E-state index in [2.05, 4.69) is 38.5 Å². The molecule has 188 valence electrons. The number of H-pyrrole nitrogens is 1. The number of imidazole rings is 1. The van der Waals surface area contributed by atoms with Gasteiger partial charge >= 0.3 is 11.9 Å². The number of thiol groups is 1. The van der Waals surface area contributed by atoms with Crippen molar-refractivity contribution in [3.05, 3.63) is 18.2 Å². The highest BCUT2D eigenvalue weighted by atomic mass is 32.1. The summed E-state index contributed by atoms with van der Waals surface area (Å²) in [4.78, 5) is 77.8. The summed E-state index contributed by atoms with van der Waals surface area (Å²) in [6.45, 7) is 0. The van der Waals surface area contributed by atoms with Crippen LogP contribution in [-0.4, -0.2) is 85.7 Å². The maximum absolute atomic E-state index is 12.8. The van der Waals surface area contributed by atoms with Crippen LogP contribution in [0.1, 0.15) is 25.0 Å². The van der Waals surface area contributed by atoms with Crippen LogP contribution in [0.2, 0.25) is 0 Å². The van der Waals surface area contributed by atoms with Crippen molar-refractivity contribution < 1.29 is 39.0 Å². The van der Waals surface area contributed by atoms with Crippen LogP contribution in [0.3, 0.4) is 0 Å². The van der Waals surface area contributed by atoms with Crippen LogP contribution in [0.4, 0.5) is 0 Å². The molecule has 0 aliphatic heterocycles. The third-order valence-electron chi connectivity index (χ3n) is 4.45. The van der Waals surface area contributed by atoms with E-state index < -0.39 is 79.0 Å². The molecule has 0 saturated carbocycles. The zero-order valence-electron chi connectivity index (χ0n) is 17.9. The van der Waals surface area contributed by atoms with Crippen molar-refractivity contribution in [1.82, 2.24) is 25.9 Å². The molecule has 0 aromatic carbocycles. The molecule has 1 rings (SSSR count). The summed E-state index contributed by atoms with van der Waals surface area (Å²) in [5.41, 5.74) is 11.1. The molecule has 1 aromatic heterocycles. The number of amides is 4. The number of primary amides is 1. The predicted octanol–water partition coefficient (Wildman–Crippen LogP) is -3.51. The number of carboxylic acid groups (broad SMARTS) is 2. The number of carbonyl (C=O) groups is 6. The van der Waals surface area contributed by atoms with Gasteiger partial charge in [-0.3, -0.25) is 24.0 Å². The highest BCUT2D eigenvalue weighted by Crippen LogP contribution is 2.05. The van der Waals surface area contributed by atoms with Gasteiger partial charge in [-0.2, -0.15) is 12.6 Å². The molecule has 1 heterocycles. The smallest absolute Gasteiger partial charge is 0.326 e. The fourth-order valence-corrected chi connectivity index (χ4v) is 2.83. The lowest BCUT2D eigenvalue weighted by atomic mass is 10.1. The summed E-state index contributed by atoms with van der Waals surface area (Å²) in [6, 6.07) is -5.49. The Morgan fingerprint density at radius 1 is 1.00 bits per heavy atom. The number of nitrogens with zero attached hydrogens (tertiary/aromatic N) is 1. The molecule has 0 saturated heterocycles. The number of aliphatic carboxylic acids is 2. The molecule has 4 amide bonds. The quantitative estimate of drug-likeness (QED) is 0.107. The van der Waals surface area contributed by atoms with E-state index in [1.165, 1.54) is 12.5 Å². The van der Waals surface area contributed by atoms with E-state index in [-0.39, 0.29) is 12.2 Å². The Kier molecular flexibility index (Phi) is 11.5. The number of aromatic nitrogens is 2. The predicted molar refractivity (Wildman–Crippen MR) is 118 cm³/mol. The first kappa shape index (κ1) is 28.4. The van der Waals surface area contributed by atoms with Crippen LogP contribution in [0.15, 0.2) is 12.5 Å². The largest absolute Gasteiger partial charge is 0.481 e. The van der Waals surface area contributed by atoms with Crippen LogP contribution in [-0.2, 0) is 35.2 Å². The lowest BCUT2D eigenvalue weighted by molar-refractivity contribution is -0.143. The lowest BCUT2D eigenvalue weighted by Gasteiger charge is -2.24. The molecule has 1 aromatic rings. The van der Waals surface area contributed by atoms with Crippen LogP contribution in [0, 0.1) is 0 Å². The van der Waals surface area contributed by atoms with Crippen LogP contribution >= 0.6 is 12.6 Å². The summed E-state index contributed by atoms with van der Waals surface area (Å²) in [5, 5.41) is 24.8. The number of aromatic amines is 1. The van der Waals surface area contributed by atoms with Crippen LogP contribution in [0.5, 0.6) is 0 Å². The average molecular weight is 502 g/mol. The van der Waals surface area contributed by atoms with Crippen LogP contribution < -0.4 is 27.4 Å². The number of nitrogens with one attached hydrogen (secondary N) is 4. The number of carbonyl (C=O) groups excluding carboxylic acids is 4. The van der Waals surface area contributed by atoms with E-state index in [1.54, 1.807) is 0 Å². The van der Waals surface area contributed by atoms with Crippen LogP contribution in [0.25, 0.3) is 0 Å². The first-order chi connectivity index (χ1) is 15.9. The topological polar surface area (TPSA) is 260 Å². The maximum atomic E-state index is 12.8. The second-order valence-electron chi connectivity index (χ2n) is 7.19. The SMILES string of the molecule is NC(=O)CC(NC(=O)C(N)CS)C(=O)NC(Cc1cnc[nH]1)C(=O)NC(CCC(=O)O)C(=O)O. The van der Waals surface area contributed by atoms with Crippen molar-refractivity contribution in [1.29, 1.82) is 0 Å². The Morgan fingerprint density at radius 3 is 2.09 bits per heavy atom. The minimum Gasteiger partial charge on any atom is -0.481 e. The van der Waals surface area contributed by atoms with Gasteiger partial charge in [0.1, 0.15) is 18.1 Å². The minimum atomic E-state index is -1.54. The minimum absolute atomic E-state index is 0.0471. The summed E-state index contributed by atoms with van der Waals surface area (Å²) < 4.78 is 0. The lowest BCUT2D eigenvalue weighted by Crippen LogP contribution is -2.58. The Labute approximate surface area is 198 Å². The first-order valence-corrected chi connectivity index (χ1v) is 10.6. The molecule has 10 N–H and O–H groups in total. The monoisotopic (exact) mass is 501 g/mol. The Balaban J connectivity index is 3.06. The Bertz CT molecular complexity index is 895. The molecule has 0 aliphatic carbocycles. The summed E-state index contributed by atoms with van der Waals surface area (Å²) in [5.74, 6) is -6.39. The van der Waals surface area contributed by atoms with Gasteiger partial charge in [-0.1, -0.05) is 0 Å². The summed E-state index contributed by atoms with van der Waals surface area (Å²) >= 11 is 3.88. The zero-order valence-corrected chi connectivity index (χ0v) is 18.8. The van der Waals surface area contributed by atoms with E-state index in [0.717, 1.165) is 0 Å². The van der Waals surface area contributed by atoms with Gasteiger partial charge in [-0.05, 0) is 6.42 Å². The molecule has 15 nitrogen and oxygen atoms in total. The van der Waals surface area contributed by atoms with Gasteiger partial charge < -0.3 is 42.6 Å². The fourth-order valence-electron chi connectivity index (χ4n) is 2.67. The van der Waals surface area contributed by atoms with E-state index in [4.69, 9.17) is 16.6 Å². The molecule has 34 heavy (non-hydrogen) atoms. The number of carboxylic acids is 2. The van der Waals surface area contributed by atoms with Gasteiger partial charge in [-0.25, -0.2) is 9.78 Å². The maximum Gasteiger partial charge on any atom is 0.326 e. The van der Waals surface area contributed by atoms with Gasteiger partial charge in [0.15, 0.2) is 0 Å². The molecule has 0 radical (unpaired) electrons.